The molecular weight excluding hydrogens is 326 g/mol. The summed E-state index contributed by atoms with van der Waals surface area (Å²) in [5.41, 5.74) is 2.74. The third-order valence-electron chi connectivity index (χ3n) is 4.16. The van der Waals surface area contributed by atoms with E-state index in [0.717, 1.165) is 16.8 Å². The maximum Gasteiger partial charge on any atom is 0.221 e. The highest BCUT2D eigenvalue weighted by Gasteiger charge is 2.16. The van der Waals surface area contributed by atoms with Gasteiger partial charge in [0.25, 0.3) is 0 Å². The number of nitrogens with one attached hydrogen (secondary N) is 1. The zero-order chi connectivity index (χ0) is 18.4. The SMILES string of the molecule is Cc1ccccc1[C@H](C#N)NC(=O)CCc1nncn1-c1ccccc1. The second kappa shape index (κ2) is 8.08. The summed E-state index contributed by atoms with van der Waals surface area (Å²) in [5, 5.41) is 20.2. The predicted molar refractivity (Wildman–Crippen MR) is 97.4 cm³/mol. The second-order valence-corrected chi connectivity index (χ2v) is 5.94. The fourth-order valence-electron chi connectivity index (χ4n) is 2.78. The number of nitrogens with zero attached hydrogens (tertiary/aromatic N) is 4. The number of carbonyl (C=O) groups excluding carboxylic acids is 1. The van der Waals surface area contributed by atoms with Crippen molar-refractivity contribution in [1.82, 2.24) is 20.1 Å². The second-order valence-electron chi connectivity index (χ2n) is 5.94. The minimum absolute atomic E-state index is 0.192. The van der Waals surface area contributed by atoms with Crippen molar-refractivity contribution in [2.24, 2.45) is 0 Å². The van der Waals surface area contributed by atoms with Crippen molar-refractivity contribution < 1.29 is 4.79 Å². The van der Waals surface area contributed by atoms with Crippen LogP contribution in [0.2, 0.25) is 0 Å². The van der Waals surface area contributed by atoms with Crippen LogP contribution in [-0.4, -0.2) is 20.7 Å². The third kappa shape index (κ3) is 3.95. The molecule has 0 aliphatic carbocycles. The molecule has 0 spiro atoms. The number of aromatic nitrogens is 3. The van der Waals surface area contributed by atoms with Gasteiger partial charge in [-0.3, -0.25) is 9.36 Å². The number of aryl methyl sites for hydroxylation is 2. The zero-order valence-corrected chi connectivity index (χ0v) is 14.5. The molecule has 130 valence electrons. The molecule has 2 aromatic carbocycles. The van der Waals surface area contributed by atoms with E-state index in [2.05, 4.69) is 21.6 Å². The lowest BCUT2D eigenvalue weighted by molar-refractivity contribution is -0.121. The summed E-state index contributed by atoms with van der Waals surface area (Å²) in [6.45, 7) is 1.92. The van der Waals surface area contributed by atoms with Gasteiger partial charge < -0.3 is 5.32 Å². The fraction of sp³-hybridized carbons (Fsp3) is 0.200. The van der Waals surface area contributed by atoms with Crippen molar-refractivity contribution in [1.29, 1.82) is 5.26 Å². The van der Waals surface area contributed by atoms with Gasteiger partial charge in [0.05, 0.1) is 6.07 Å². The molecule has 0 aliphatic rings. The van der Waals surface area contributed by atoms with Crippen LogP contribution in [0.5, 0.6) is 0 Å². The number of para-hydroxylation sites is 1. The van der Waals surface area contributed by atoms with Gasteiger partial charge in [0.2, 0.25) is 5.91 Å². The molecule has 1 amide bonds. The molecule has 0 bridgehead atoms. The highest BCUT2D eigenvalue weighted by molar-refractivity contribution is 5.77. The van der Waals surface area contributed by atoms with Gasteiger partial charge in [-0.15, -0.1) is 10.2 Å². The van der Waals surface area contributed by atoms with E-state index in [-0.39, 0.29) is 12.3 Å². The number of amides is 1. The van der Waals surface area contributed by atoms with Crippen LogP contribution in [0.1, 0.15) is 29.4 Å². The molecule has 3 rings (SSSR count). The van der Waals surface area contributed by atoms with E-state index in [1.807, 2.05) is 66.1 Å². The monoisotopic (exact) mass is 345 g/mol. The average Bonchev–Trinajstić information content (AvgIpc) is 3.14. The van der Waals surface area contributed by atoms with Crippen molar-refractivity contribution in [3.8, 4) is 11.8 Å². The zero-order valence-electron chi connectivity index (χ0n) is 14.5. The minimum atomic E-state index is -0.657. The van der Waals surface area contributed by atoms with Crippen LogP contribution >= 0.6 is 0 Å². The van der Waals surface area contributed by atoms with Crippen molar-refractivity contribution >= 4 is 5.91 Å². The van der Waals surface area contributed by atoms with Crippen molar-refractivity contribution in [2.45, 2.75) is 25.8 Å². The van der Waals surface area contributed by atoms with Crippen LogP contribution in [0, 0.1) is 18.3 Å². The Morgan fingerprint density at radius 3 is 2.65 bits per heavy atom. The van der Waals surface area contributed by atoms with E-state index in [9.17, 15) is 10.1 Å². The maximum absolute atomic E-state index is 12.3. The Morgan fingerprint density at radius 1 is 1.19 bits per heavy atom. The first-order chi connectivity index (χ1) is 12.7. The van der Waals surface area contributed by atoms with E-state index >= 15 is 0 Å². The molecule has 1 N–H and O–H groups in total. The summed E-state index contributed by atoms with van der Waals surface area (Å²) in [5.74, 6) is 0.512. The number of benzene rings is 2. The molecular formula is C20H19N5O. The summed E-state index contributed by atoms with van der Waals surface area (Å²) >= 11 is 0. The number of hydrogen-bond donors (Lipinski definition) is 1. The molecule has 1 heterocycles. The van der Waals surface area contributed by atoms with Crippen LogP contribution in [0.3, 0.4) is 0 Å². The number of rotatable bonds is 6. The van der Waals surface area contributed by atoms with Gasteiger partial charge in [0.15, 0.2) is 0 Å². The first kappa shape index (κ1) is 17.4. The van der Waals surface area contributed by atoms with Crippen LogP contribution in [0.25, 0.3) is 5.69 Å². The topological polar surface area (TPSA) is 83.6 Å². The Balaban J connectivity index is 1.64. The third-order valence-corrected chi connectivity index (χ3v) is 4.16. The van der Waals surface area contributed by atoms with E-state index in [0.29, 0.717) is 12.2 Å². The number of hydrogen-bond acceptors (Lipinski definition) is 4. The molecule has 26 heavy (non-hydrogen) atoms. The maximum atomic E-state index is 12.3. The van der Waals surface area contributed by atoms with Gasteiger partial charge in [0.1, 0.15) is 18.2 Å². The quantitative estimate of drug-likeness (QED) is 0.744. The average molecular weight is 345 g/mol. The highest BCUT2D eigenvalue weighted by atomic mass is 16.1. The molecule has 1 aromatic heterocycles. The Bertz CT molecular complexity index is 927. The molecule has 3 aromatic rings. The summed E-state index contributed by atoms with van der Waals surface area (Å²) in [4.78, 5) is 12.3. The Morgan fingerprint density at radius 2 is 1.92 bits per heavy atom. The van der Waals surface area contributed by atoms with Crippen LogP contribution in [0.4, 0.5) is 0 Å². The van der Waals surface area contributed by atoms with Gasteiger partial charge >= 0.3 is 0 Å². The Kier molecular flexibility index (Phi) is 5.40. The Labute approximate surface area is 152 Å². The molecule has 6 nitrogen and oxygen atoms in total. The van der Waals surface area contributed by atoms with Gasteiger partial charge in [-0.25, -0.2) is 0 Å². The lowest BCUT2D eigenvalue weighted by atomic mass is 10.0. The molecule has 0 saturated carbocycles. The molecule has 0 unspecified atom stereocenters. The predicted octanol–water partition coefficient (Wildman–Crippen LogP) is 2.89. The molecule has 0 radical (unpaired) electrons. The number of nitriles is 1. The first-order valence-corrected chi connectivity index (χ1v) is 8.38. The van der Waals surface area contributed by atoms with Crippen molar-refractivity contribution in [3.63, 3.8) is 0 Å². The van der Waals surface area contributed by atoms with E-state index in [1.165, 1.54) is 0 Å². The molecule has 0 aliphatic heterocycles. The van der Waals surface area contributed by atoms with Gasteiger partial charge in [-0.2, -0.15) is 5.26 Å². The summed E-state index contributed by atoms with van der Waals surface area (Å²) < 4.78 is 1.86. The molecule has 0 saturated heterocycles. The van der Waals surface area contributed by atoms with Gasteiger partial charge in [0, 0.05) is 18.5 Å². The largest absolute Gasteiger partial charge is 0.337 e. The van der Waals surface area contributed by atoms with E-state index in [4.69, 9.17) is 0 Å². The van der Waals surface area contributed by atoms with Gasteiger partial charge in [-0.05, 0) is 30.2 Å². The van der Waals surface area contributed by atoms with E-state index < -0.39 is 6.04 Å². The molecule has 0 fully saturated rings. The fourth-order valence-corrected chi connectivity index (χ4v) is 2.78. The minimum Gasteiger partial charge on any atom is -0.337 e. The molecule has 6 heteroatoms. The normalized spacial score (nSPS) is 11.5. The van der Waals surface area contributed by atoms with Crippen molar-refractivity contribution in [2.75, 3.05) is 0 Å². The van der Waals surface area contributed by atoms with Crippen molar-refractivity contribution in [3.05, 3.63) is 77.9 Å². The summed E-state index contributed by atoms with van der Waals surface area (Å²) in [6, 6.07) is 18.8. The summed E-state index contributed by atoms with van der Waals surface area (Å²) in [6.07, 6.45) is 2.30. The standard InChI is InChI=1S/C20H19N5O/c1-15-7-5-6-10-17(15)18(13-21)23-20(26)12-11-19-24-22-14-25(19)16-8-3-2-4-9-16/h2-10,14,18H,11-12H2,1H3,(H,23,26)/t18-/m0/s1. The van der Waals surface area contributed by atoms with E-state index in [1.54, 1.807) is 6.33 Å². The van der Waals surface area contributed by atoms with Gasteiger partial charge in [-0.1, -0.05) is 42.5 Å². The smallest absolute Gasteiger partial charge is 0.221 e. The lowest BCUT2D eigenvalue weighted by Crippen LogP contribution is -2.28. The molecule has 1 atom stereocenters. The van der Waals surface area contributed by atoms with Crippen LogP contribution < -0.4 is 5.32 Å². The number of carbonyl (C=O) groups is 1. The Hall–Kier alpha value is -3.46. The first-order valence-electron chi connectivity index (χ1n) is 8.38. The lowest BCUT2D eigenvalue weighted by Gasteiger charge is -2.14. The summed E-state index contributed by atoms with van der Waals surface area (Å²) in [7, 11) is 0. The van der Waals surface area contributed by atoms with Crippen LogP contribution in [0.15, 0.2) is 60.9 Å². The highest BCUT2D eigenvalue weighted by Crippen LogP contribution is 2.17. The van der Waals surface area contributed by atoms with Crippen LogP contribution in [-0.2, 0) is 11.2 Å².